The zero-order chi connectivity index (χ0) is 15.2. The highest BCUT2D eigenvalue weighted by Gasteiger charge is 2.20. The van der Waals surface area contributed by atoms with E-state index < -0.39 is 4.92 Å². The molecule has 1 aromatic rings. The molecule has 6 heteroatoms. The minimum absolute atomic E-state index is 0.000802. The number of hydrogen-bond donors (Lipinski definition) is 2. The highest BCUT2D eigenvalue weighted by atomic mass is 16.6. The van der Waals surface area contributed by atoms with Gasteiger partial charge in [0.2, 0.25) is 0 Å². The van der Waals surface area contributed by atoms with Crippen LogP contribution in [0.25, 0.3) is 0 Å². The second-order valence-corrected chi connectivity index (χ2v) is 5.37. The molecule has 0 bridgehead atoms. The van der Waals surface area contributed by atoms with Crippen molar-refractivity contribution in [2.75, 3.05) is 11.9 Å². The van der Waals surface area contributed by atoms with Gasteiger partial charge in [-0.15, -0.1) is 0 Å². The van der Waals surface area contributed by atoms with E-state index in [0.29, 0.717) is 17.8 Å². The van der Waals surface area contributed by atoms with Gasteiger partial charge >= 0.3 is 0 Å². The molecule has 0 aliphatic heterocycles. The Balaban J connectivity index is 2.15. The second kappa shape index (κ2) is 7.06. The molecule has 0 saturated heterocycles. The van der Waals surface area contributed by atoms with E-state index in [-0.39, 0.29) is 17.6 Å². The fourth-order valence-corrected chi connectivity index (χ4v) is 2.58. The van der Waals surface area contributed by atoms with Gasteiger partial charge in [0.15, 0.2) is 0 Å². The number of carbonyl (C=O) groups is 1. The van der Waals surface area contributed by atoms with Gasteiger partial charge in [0.05, 0.1) is 4.92 Å². The first kappa shape index (κ1) is 15.3. The molecule has 1 aliphatic carbocycles. The molecule has 0 unspecified atom stereocenters. The summed E-state index contributed by atoms with van der Waals surface area (Å²) in [6.07, 6.45) is 5.18. The van der Waals surface area contributed by atoms with Gasteiger partial charge in [0, 0.05) is 24.2 Å². The van der Waals surface area contributed by atoms with Crippen LogP contribution in [0.15, 0.2) is 18.2 Å². The molecule has 0 spiro atoms. The summed E-state index contributed by atoms with van der Waals surface area (Å²) in [6, 6.07) is 4.71. The van der Waals surface area contributed by atoms with Crippen molar-refractivity contribution in [3.8, 4) is 0 Å². The largest absolute Gasteiger partial charge is 0.379 e. The third-order valence-electron chi connectivity index (χ3n) is 3.71. The van der Waals surface area contributed by atoms with E-state index in [9.17, 15) is 14.9 Å². The Bertz CT molecular complexity index is 525. The highest BCUT2D eigenvalue weighted by molar-refractivity contribution is 5.96. The molecule has 1 amide bonds. The Kier molecular flexibility index (Phi) is 5.14. The Morgan fingerprint density at radius 2 is 2.10 bits per heavy atom. The molecule has 114 valence electrons. The van der Waals surface area contributed by atoms with E-state index in [2.05, 4.69) is 10.6 Å². The molecular weight excluding hydrogens is 270 g/mol. The first-order valence-corrected chi connectivity index (χ1v) is 7.45. The number of hydrogen-bond acceptors (Lipinski definition) is 4. The molecule has 0 radical (unpaired) electrons. The number of anilines is 1. The van der Waals surface area contributed by atoms with Crippen molar-refractivity contribution in [2.45, 2.75) is 45.1 Å². The molecule has 2 rings (SSSR count). The Labute approximate surface area is 124 Å². The standard InChI is InChI=1S/C15H21N3O3/c1-2-9-16-13-10-11(7-8-14(13)18(20)21)15(19)17-12-5-3-4-6-12/h7-8,10,12,16H,2-6,9H2,1H3,(H,17,19). The second-order valence-electron chi connectivity index (χ2n) is 5.37. The van der Waals surface area contributed by atoms with Crippen LogP contribution in [0.3, 0.4) is 0 Å². The van der Waals surface area contributed by atoms with E-state index in [1.165, 1.54) is 12.1 Å². The lowest BCUT2D eigenvalue weighted by atomic mass is 10.1. The summed E-state index contributed by atoms with van der Waals surface area (Å²) >= 11 is 0. The summed E-state index contributed by atoms with van der Waals surface area (Å²) < 4.78 is 0. The summed E-state index contributed by atoms with van der Waals surface area (Å²) in [6.45, 7) is 2.62. The maximum Gasteiger partial charge on any atom is 0.292 e. The van der Waals surface area contributed by atoms with Crippen LogP contribution in [0.1, 0.15) is 49.4 Å². The lowest BCUT2D eigenvalue weighted by molar-refractivity contribution is -0.384. The van der Waals surface area contributed by atoms with Gasteiger partial charge in [-0.25, -0.2) is 0 Å². The van der Waals surface area contributed by atoms with Crippen LogP contribution in [0, 0.1) is 10.1 Å². The number of rotatable bonds is 6. The first-order chi connectivity index (χ1) is 10.1. The zero-order valence-corrected chi connectivity index (χ0v) is 12.2. The lowest BCUT2D eigenvalue weighted by Gasteiger charge is -2.13. The first-order valence-electron chi connectivity index (χ1n) is 7.45. The van der Waals surface area contributed by atoms with Crippen molar-refractivity contribution in [2.24, 2.45) is 0 Å². The predicted octanol–water partition coefficient (Wildman–Crippen LogP) is 3.09. The molecular formula is C15H21N3O3. The van der Waals surface area contributed by atoms with Crippen molar-refractivity contribution in [1.82, 2.24) is 5.32 Å². The lowest BCUT2D eigenvalue weighted by Crippen LogP contribution is -2.32. The van der Waals surface area contributed by atoms with Crippen LogP contribution in [0.2, 0.25) is 0 Å². The summed E-state index contributed by atoms with van der Waals surface area (Å²) in [4.78, 5) is 22.8. The number of benzene rings is 1. The smallest absolute Gasteiger partial charge is 0.292 e. The van der Waals surface area contributed by atoms with Crippen molar-refractivity contribution in [3.63, 3.8) is 0 Å². The molecule has 1 saturated carbocycles. The van der Waals surface area contributed by atoms with Crippen LogP contribution in [0.5, 0.6) is 0 Å². The average Bonchev–Trinajstić information content (AvgIpc) is 2.97. The predicted molar refractivity (Wildman–Crippen MR) is 81.6 cm³/mol. The van der Waals surface area contributed by atoms with E-state index in [1.54, 1.807) is 6.07 Å². The SMILES string of the molecule is CCCNc1cc(C(=O)NC2CCCC2)ccc1[N+](=O)[O-]. The Morgan fingerprint density at radius 1 is 1.38 bits per heavy atom. The van der Waals surface area contributed by atoms with Gasteiger partial charge < -0.3 is 10.6 Å². The molecule has 1 aromatic carbocycles. The van der Waals surface area contributed by atoms with Crippen LogP contribution < -0.4 is 10.6 Å². The fourth-order valence-electron chi connectivity index (χ4n) is 2.58. The highest BCUT2D eigenvalue weighted by Crippen LogP contribution is 2.26. The summed E-state index contributed by atoms with van der Waals surface area (Å²) in [5.41, 5.74) is 0.868. The zero-order valence-electron chi connectivity index (χ0n) is 12.2. The fraction of sp³-hybridized carbons (Fsp3) is 0.533. The van der Waals surface area contributed by atoms with E-state index in [1.807, 2.05) is 6.92 Å². The van der Waals surface area contributed by atoms with Gasteiger partial charge in [0.25, 0.3) is 11.6 Å². The maximum absolute atomic E-state index is 12.2. The summed E-state index contributed by atoms with van der Waals surface area (Å²) in [5.74, 6) is -0.156. The minimum atomic E-state index is -0.434. The third kappa shape index (κ3) is 3.93. The Hall–Kier alpha value is -2.11. The van der Waals surface area contributed by atoms with Gasteiger partial charge in [-0.2, -0.15) is 0 Å². The number of nitro benzene ring substituents is 1. The topological polar surface area (TPSA) is 84.3 Å². The van der Waals surface area contributed by atoms with Crippen LogP contribution >= 0.6 is 0 Å². The van der Waals surface area contributed by atoms with Crippen molar-refractivity contribution < 1.29 is 9.72 Å². The molecule has 1 aliphatic rings. The summed E-state index contributed by atoms with van der Waals surface area (Å²) in [7, 11) is 0. The van der Waals surface area contributed by atoms with Crippen LogP contribution in [0.4, 0.5) is 11.4 Å². The summed E-state index contributed by atoms with van der Waals surface area (Å²) in [5, 5.41) is 17.0. The van der Waals surface area contributed by atoms with E-state index >= 15 is 0 Å². The van der Waals surface area contributed by atoms with Gasteiger partial charge in [-0.05, 0) is 31.4 Å². The van der Waals surface area contributed by atoms with Gasteiger partial charge in [-0.1, -0.05) is 19.8 Å². The number of amides is 1. The Morgan fingerprint density at radius 3 is 2.71 bits per heavy atom. The monoisotopic (exact) mass is 291 g/mol. The molecule has 0 atom stereocenters. The molecule has 6 nitrogen and oxygen atoms in total. The quantitative estimate of drug-likeness (QED) is 0.623. The average molecular weight is 291 g/mol. The maximum atomic E-state index is 12.2. The molecule has 0 heterocycles. The normalized spacial score (nSPS) is 14.9. The van der Waals surface area contributed by atoms with Crippen LogP contribution in [-0.4, -0.2) is 23.4 Å². The van der Waals surface area contributed by atoms with Gasteiger partial charge in [0.1, 0.15) is 5.69 Å². The van der Waals surface area contributed by atoms with E-state index in [0.717, 1.165) is 32.1 Å². The van der Waals surface area contributed by atoms with Crippen LogP contribution in [-0.2, 0) is 0 Å². The van der Waals surface area contributed by atoms with Crippen molar-refractivity contribution in [3.05, 3.63) is 33.9 Å². The van der Waals surface area contributed by atoms with Crippen molar-refractivity contribution in [1.29, 1.82) is 0 Å². The third-order valence-corrected chi connectivity index (χ3v) is 3.71. The molecule has 0 aromatic heterocycles. The number of nitrogens with zero attached hydrogens (tertiary/aromatic N) is 1. The van der Waals surface area contributed by atoms with Gasteiger partial charge in [-0.3, -0.25) is 14.9 Å². The van der Waals surface area contributed by atoms with Crippen molar-refractivity contribution >= 4 is 17.3 Å². The molecule has 1 fully saturated rings. The number of nitro groups is 1. The minimum Gasteiger partial charge on any atom is -0.379 e. The van der Waals surface area contributed by atoms with E-state index in [4.69, 9.17) is 0 Å². The molecule has 2 N–H and O–H groups in total. The molecule has 21 heavy (non-hydrogen) atoms. The number of carbonyl (C=O) groups excluding carboxylic acids is 1. The number of nitrogens with one attached hydrogen (secondary N) is 2.